The van der Waals surface area contributed by atoms with Gasteiger partial charge in [0.2, 0.25) is 0 Å². The van der Waals surface area contributed by atoms with Crippen LogP contribution in [-0.4, -0.2) is 25.2 Å². The number of hydrogen-bond donors (Lipinski definition) is 1. The molecule has 138 valence electrons. The summed E-state index contributed by atoms with van der Waals surface area (Å²) in [5.74, 6) is 1.97. The van der Waals surface area contributed by atoms with Gasteiger partial charge in [0.15, 0.2) is 11.5 Å². The number of alkyl halides is 2. The van der Waals surface area contributed by atoms with Gasteiger partial charge in [-0.1, -0.05) is 6.42 Å². The molecule has 0 aromatic heterocycles. The Kier molecular flexibility index (Phi) is 5.45. The van der Waals surface area contributed by atoms with Crippen molar-refractivity contribution in [1.82, 2.24) is 5.32 Å². The van der Waals surface area contributed by atoms with E-state index in [4.69, 9.17) is 4.74 Å². The minimum absolute atomic E-state index is 0.0606. The molecule has 2 bridgehead atoms. The summed E-state index contributed by atoms with van der Waals surface area (Å²) < 4.78 is 34.7. The van der Waals surface area contributed by atoms with Crippen LogP contribution < -0.4 is 14.8 Å². The van der Waals surface area contributed by atoms with Crippen LogP contribution in [0.5, 0.6) is 11.5 Å². The number of carbonyl (C=O) groups excluding carboxylic acids is 1. The fourth-order valence-corrected chi connectivity index (χ4v) is 4.41. The van der Waals surface area contributed by atoms with E-state index in [0.29, 0.717) is 18.1 Å². The number of benzene rings is 1. The average Bonchev–Trinajstić information content (AvgIpc) is 3.19. The molecule has 0 radical (unpaired) electrons. The molecule has 1 N–H and O–H groups in total. The van der Waals surface area contributed by atoms with Crippen molar-refractivity contribution < 1.29 is 23.0 Å². The molecule has 4 atom stereocenters. The molecule has 0 aliphatic heterocycles. The number of hydrogen-bond acceptors (Lipinski definition) is 3. The van der Waals surface area contributed by atoms with E-state index in [2.05, 4.69) is 17.0 Å². The van der Waals surface area contributed by atoms with Gasteiger partial charge in [0.25, 0.3) is 5.91 Å². The lowest BCUT2D eigenvalue weighted by Crippen LogP contribution is -2.40. The van der Waals surface area contributed by atoms with Crippen molar-refractivity contribution in [3.05, 3.63) is 23.8 Å². The van der Waals surface area contributed by atoms with Crippen molar-refractivity contribution in [1.29, 1.82) is 0 Å². The molecule has 2 aliphatic carbocycles. The first-order chi connectivity index (χ1) is 12.0. The van der Waals surface area contributed by atoms with Gasteiger partial charge >= 0.3 is 6.61 Å². The van der Waals surface area contributed by atoms with Gasteiger partial charge in [0.05, 0.1) is 6.61 Å². The Balaban J connectivity index is 1.67. The molecular formula is C19H25F2NO3. The zero-order chi connectivity index (χ0) is 18.0. The smallest absolute Gasteiger partial charge is 0.387 e. The lowest BCUT2D eigenvalue weighted by Gasteiger charge is -2.28. The number of fused-ring (bicyclic) bond motifs is 2. The number of rotatable bonds is 7. The fraction of sp³-hybridized carbons (Fsp3) is 0.632. The predicted molar refractivity (Wildman–Crippen MR) is 90.1 cm³/mol. The van der Waals surface area contributed by atoms with Gasteiger partial charge in [-0.3, -0.25) is 4.79 Å². The number of amides is 1. The van der Waals surface area contributed by atoms with E-state index in [-0.39, 0.29) is 23.4 Å². The van der Waals surface area contributed by atoms with Gasteiger partial charge in [-0.2, -0.15) is 8.78 Å². The van der Waals surface area contributed by atoms with Crippen LogP contribution in [0.1, 0.15) is 49.9 Å². The highest BCUT2D eigenvalue weighted by Gasteiger charge is 2.42. The van der Waals surface area contributed by atoms with Gasteiger partial charge in [0, 0.05) is 11.6 Å². The van der Waals surface area contributed by atoms with E-state index in [1.807, 2.05) is 0 Å². The first-order valence-electron chi connectivity index (χ1n) is 9.00. The van der Waals surface area contributed by atoms with Crippen molar-refractivity contribution in [3.8, 4) is 11.5 Å². The third-order valence-corrected chi connectivity index (χ3v) is 5.52. The van der Waals surface area contributed by atoms with Gasteiger partial charge in [-0.15, -0.1) is 0 Å². The third-order valence-electron chi connectivity index (χ3n) is 5.52. The SMILES string of the molecule is CCOc1cc(C(=O)N[C@H](C)[C@@H]2C[C@H]3CC[C@H]2C3)ccc1OC(F)F. The molecule has 1 amide bonds. The van der Waals surface area contributed by atoms with Crippen molar-refractivity contribution in [3.63, 3.8) is 0 Å². The largest absolute Gasteiger partial charge is 0.490 e. The van der Waals surface area contributed by atoms with E-state index in [0.717, 1.165) is 11.8 Å². The quantitative estimate of drug-likeness (QED) is 0.797. The summed E-state index contributed by atoms with van der Waals surface area (Å²) in [6, 6.07) is 4.41. The second kappa shape index (κ2) is 7.58. The van der Waals surface area contributed by atoms with Crippen LogP contribution in [0.4, 0.5) is 8.78 Å². The minimum atomic E-state index is -2.93. The second-order valence-corrected chi connectivity index (χ2v) is 7.07. The highest BCUT2D eigenvalue weighted by molar-refractivity contribution is 5.95. The molecule has 2 aliphatic rings. The van der Waals surface area contributed by atoms with Crippen LogP contribution in [0.15, 0.2) is 18.2 Å². The molecule has 1 aromatic rings. The number of ether oxygens (including phenoxy) is 2. The van der Waals surface area contributed by atoms with E-state index in [1.54, 1.807) is 6.92 Å². The van der Waals surface area contributed by atoms with Crippen LogP contribution in [0.3, 0.4) is 0 Å². The number of halogens is 2. The first-order valence-corrected chi connectivity index (χ1v) is 9.00. The zero-order valence-corrected chi connectivity index (χ0v) is 14.6. The van der Waals surface area contributed by atoms with Crippen LogP contribution >= 0.6 is 0 Å². The van der Waals surface area contributed by atoms with Crippen LogP contribution in [0, 0.1) is 17.8 Å². The molecular weight excluding hydrogens is 328 g/mol. The van der Waals surface area contributed by atoms with Crippen molar-refractivity contribution in [2.24, 2.45) is 17.8 Å². The van der Waals surface area contributed by atoms with E-state index >= 15 is 0 Å². The Hall–Kier alpha value is -1.85. The van der Waals surface area contributed by atoms with Gasteiger partial charge in [0.1, 0.15) is 0 Å². The topological polar surface area (TPSA) is 47.6 Å². The van der Waals surface area contributed by atoms with Crippen LogP contribution in [0.25, 0.3) is 0 Å². The van der Waals surface area contributed by atoms with Gasteiger partial charge in [-0.05, 0) is 69.1 Å². The van der Waals surface area contributed by atoms with Crippen molar-refractivity contribution >= 4 is 5.91 Å². The Morgan fingerprint density at radius 1 is 1.28 bits per heavy atom. The summed E-state index contributed by atoms with van der Waals surface area (Å²) in [5, 5.41) is 3.07. The predicted octanol–water partition coefficient (Wildman–Crippen LogP) is 4.24. The number of carbonyl (C=O) groups is 1. The lowest BCUT2D eigenvalue weighted by molar-refractivity contribution is -0.0514. The summed E-state index contributed by atoms with van der Waals surface area (Å²) in [4.78, 5) is 12.6. The summed E-state index contributed by atoms with van der Waals surface area (Å²) in [5.41, 5.74) is 0.389. The molecule has 25 heavy (non-hydrogen) atoms. The Morgan fingerprint density at radius 3 is 2.68 bits per heavy atom. The normalized spacial score (nSPS) is 25.9. The molecule has 0 unspecified atom stereocenters. The molecule has 2 saturated carbocycles. The lowest BCUT2D eigenvalue weighted by atomic mass is 9.84. The number of nitrogens with one attached hydrogen (secondary N) is 1. The van der Waals surface area contributed by atoms with Crippen LogP contribution in [0.2, 0.25) is 0 Å². The molecule has 2 fully saturated rings. The Labute approximate surface area is 146 Å². The van der Waals surface area contributed by atoms with E-state index in [1.165, 1.54) is 43.9 Å². The highest BCUT2D eigenvalue weighted by atomic mass is 19.3. The molecule has 1 aromatic carbocycles. The third kappa shape index (κ3) is 4.05. The maximum Gasteiger partial charge on any atom is 0.387 e. The maximum atomic E-state index is 12.6. The maximum absolute atomic E-state index is 12.6. The minimum Gasteiger partial charge on any atom is -0.490 e. The van der Waals surface area contributed by atoms with Crippen LogP contribution in [-0.2, 0) is 0 Å². The fourth-order valence-electron chi connectivity index (χ4n) is 4.41. The zero-order valence-electron chi connectivity index (χ0n) is 14.6. The molecule has 6 heteroatoms. The van der Waals surface area contributed by atoms with Crippen molar-refractivity contribution in [2.75, 3.05) is 6.61 Å². The summed E-state index contributed by atoms with van der Waals surface area (Å²) in [6.07, 6.45) is 5.07. The standard InChI is InChI=1S/C19H25F2NO3/c1-3-24-17-10-14(6-7-16(17)25-19(20)21)18(23)22-11(2)15-9-12-4-5-13(15)8-12/h6-7,10-13,15,19H,3-5,8-9H2,1-2H3,(H,22,23)/t11-,12+,13+,15+/m1/s1. The average molecular weight is 353 g/mol. The summed E-state index contributed by atoms with van der Waals surface area (Å²) in [6.45, 7) is 1.17. The van der Waals surface area contributed by atoms with E-state index < -0.39 is 6.61 Å². The van der Waals surface area contributed by atoms with Gasteiger partial charge < -0.3 is 14.8 Å². The summed E-state index contributed by atoms with van der Waals surface area (Å²) >= 11 is 0. The molecule has 0 spiro atoms. The Morgan fingerprint density at radius 2 is 2.08 bits per heavy atom. The summed E-state index contributed by atoms with van der Waals surface area (Å²) in [7, 11) is 0. The molecule has 0 heterocycles. The highest BCUT2D eigenvalue weighted by Crippen LogP contribution is 2.49. The molecule has 0 saturated heterocycles. The molecule has 3 rings (SSSR count). The second-order valence-electron chi connectivity index (χ2n) is 7.07. The monoisotopic (exact) mass is 353 g/mol. The van der Waals surface area contributed by atoms with E-state index in [9.17, 15) is 13.6 Å². The molecule has 4 nitrogen and oxygen atoms in total. The van der Waals surface area contributed by atoms with Crippen molar-refractivity contribution in [2.45, 2.75) is 52.2 Å². The van der Waals surface area contributed by atoms with Gasteiger partial charge in [-0.25, -0.2) is 0 Å². The Bertz CT molecular complexity index is 623. The first kappa shape index (κ1) is 18.0.